The van der Waals surface area contributed by atoms with Crippen molar-refractivity contribution in [3.8, 4) is 0 Å². The fraction of sp³-hybridized carbons (Fsp3) is 0.500. The van der Waals surface area contributed by atoms with E-state index in [-0.39, 0.29) is 17.5 Å². The highest BCUT2D eigenvalue weighted by Gasteiger charge is 2.48. The first-order chi connectivity index (χ1) is 16.4. The van der Waals surface area contributed by atoms with E-state index in [0.29, 0.717) is 34.5 Å². The molecular weight excluding hydrogens is 452 g/mol. The maximum atomic E-state index is 13.9. The van der Waals surface area contributed by atoms with E-state index in [1.54, 1.807) is 14.4 Å². The maximum absolute atomic E-state index is 13.9. The minimum absolute atomic E-state index is 0.122. The van der Waals surface area contributed by atoms with Gasteiger partial charge in [0, 0.05) is 25.2 Å². The molecule has 10 heteroatoms. The van der Waals surface area contributed by atoms with Crippen LogP contribution >= 0.6 is 11.3 Å². The molecule has 3 amide bonds. The van der Waals surface area contributed by atoms with Crippen molar-refractivity contribution in [2.75, 3.05) is 24.5 Å². The molecule has 2 unspecified atom stereocenters. The molecule has 9 nitrogen and oxygen atoms in total. The van der Waals surface area contributed by atoms with Crippen LogP contribution < -0.4 is 25.2 Å². The van der Waals surface area contributed by atoms with Gasteiger partial charge >= 0.3 is 6.03 Å². The van der Waals surface area contributed by atoms with Gasteiger partial charge in [-0.05, 0) is 32.8 Å². The number of carbonyl (C=O) groups is 2. The standard InChI is InChI=1S/C24H30N6O3S/c1-5-8-9-13-29-17-14(4)11-10-12-15(17)16(21(29)31)18-22(32)30-20-19(25-26-23(30)34-18)27(6-2)24(33)28(20)7-3/h10-12,19-20,25H,5-9,13H2,1-4H3/b18-16-. The molecule has 3 aliphatic heterocycles. The summed E-state index contributed by atoms with van der Waals surface area (Å²) in [6.45, 7) is 9.55. The first-order valence-corrected chi connectivity index (χ1v) is 12.8. The number of carbonyl (C=O) groups excluding carboxylic acids is 2. The number of rotatable bonds is 6. The van der Waals surface area contributed by atoms with Crippen molar-refractivity contribution >= 4 is 34.5 Å². The second-order valence-electron chi connectivity index (χ2n) is 8.85. The van der Waals surface area contributed by atoms with Gasteiger partial charge in [-0.1, -0.05) is 49.3 Å². The van der Waals surface area contributed by atoms with Crippen LogP contribution in [0.25, 0.3) is 5.57 Å². The molecule has 0 radical (unpaired) electrons. The lowest BCUT2D eigenvalue weighted by Gasteiger charge is -2.29. The molecule has 0 aliphatic carbocycles. The molecule has 1 fully saturated rings. The summed E-state index contributed by atoms with van der Waals surface area (Å²) < 4.78 is 1.97. The predicted molar refractivity (Wildman–Crippen MR) is 131 cm³/mol. The molecule has 2 atom stereocenters. The molecule has 3 aliphatic rings. The van der Waals surface area contributed by atoms with Crippen molar-refractivity contribution in [1.29, 1.82) is 0 Å². The molecule has 2 aromatic rings. The van der Waals surface area contributed by atoms with Gasteiger partial charge in [0.1, 0.15) is 4.53 Å². The summed E-state index contributed by atoms with van der Waals surface area (Å²) in [7, 11) is 0. The topological polar surface area (TPSA) is 90.2 Å². The van der Waals surface area contributed by atoms with Crippen LogP contribution in [0.3, 0.4) is 0 Å². The molecule has 5 rings (SSSR count). The summed E-state index contributed by atoms with van der Waals surface area (Å²) in [5, 5.41) is 4.44. The van der Waals surface area contributed by atoms with E-state index in [4.69, 9.17) is 0 Å². The van der Waals surface area contributed by atoms with E-state index in [2.05, 4.69) is 17.5 Å². The van der Waals surface area contributed by atoms with Gasteiger partial charge in [-0.15, -0.1) is 5.10 Å². The minimum atomic E-state index is -0.503. The first-order valence-electron chi connectivity index (χ1n) is 12.0. The van der Waals surface area contributed by atoms with Crippen LogP contribution in [0.1, 0.15) is 57.3 Å². The van der Waals surface area contributed by atoms with Crippen LogP contribution in [0.2, 0.25) is 0 Å². The van der Waals surface area contributed by atoms with Gasteiger partial charge in [0.05, 0.1) is 11.3 Å². The Balaban J connectivity index is 1.71. The SMILES string of the molecule is CCCCCN1C(=O)/C(=c2\sc3n(c2=O)C2C(NN=3)N(CC)C(=O)N2CC)c2cccc(C)c21. The number of hydrogen-bond acceptors (Lipinski definition) is 6. The fourth-order valence-electron chi connectivity index (χ4n) is 5.29. The van der Waals surface area contributed by atoms with Crippen LogP contribution in [0.4, 0.5) is 10.5 Å². The summed E-state index contributed by atoms with van der Waals surface area (Å²) in [4.78, 5) is 46.2. The van der Waals surface area contributed by atoms with Gasteiger partial charge in [0.15, 0.2) is 12.3 Å². The number of aryl methyl sites for hydroxylation is 1. The lowest BCUT2D eigenvalue weighted by atomic mass is 10.0. The van der Waals surface area contributed by atoms with Gasteiger partial charge in [0.25, 0.3) is 11.5 Å². The monoisotopic (exact) mass is 482 g/mol. The van der Waals surface area contributed by atoms with Gasteiger partial charge in [0.2, 0.25) is 4.80 Å². The van der Waals surface area contributed by atoms with E-state index in [9.17, 15) is 14.4 Å². The van der Waals surface area contributed by atoms with Gasteiger partial charge in [-0.2, -0.15) is 0 Å². The molecule has 0 spiro atoms. The van der Waals surface area contributed by atoms with Gasteiger partial charge in [-0.3, -0.25) is 29.4 Å². The molecule has 0 bridgehead atoms. The van der Waals surface area contributed by atoms with Crippen LogP contribution in [-0.2, 0) is 4.79 Å². The number of urea groups is 1. The molecule has 34 heavy (non-hydrogen) atoms. The van der Waals surface area contributed by atoms with Crippen LogP contribution in [0.5, 0.6) is 0 Å². The zero-order valence-corrected chi connectivity index (χ0v) is 20.8. The number of amides is 3. The third-order valence-corrected chi connectivity index (χ3v) is 7.98. The van der Waals surface area contributed by atoms with Crippen LogP contribution in [-0.4, -0.2) is 52.1 Å². The number of para-hydroxylation sites is 1. The van der Waals surface area contributed by atoms with Gasteiger partial charge < -0.3 is 4.90 Å². The van der Waals surface area contributed by atoms with Gasteiger partial charge in [-0.25, -0.2) is 4.79 Å². The number of nitrogens with zero attached hydrogens (tertiary/aromatic N) is 5. The van der Waals surface area contributed by atoms with Crippen molar-refractivity contribution in [2.24, 2.45) is 5.10 Å². The van der Waals surface area contributed by atoms with E-state index in [0.717, 1.165) is 36.1 Å². The van der Waals surface area contributed by atoms with Crippen molar-refractivity contribution < 1.29 is 9.59 Å². The van der Waals surface area contributed by atoms with Crippen molar-refractivity contribution in [3.63, 3.8) is 0 Å². The highest BCUT2D eigenvalue weighted by molar-refractivity contribution is 7.07. The smallest absolute Gasteiger partial charge is 0.307 e. The normalized spacial score (nSPS) is 22.5. The number of anilines is 1. The molecule has 1 aromatic carbocycles. The number of benzene rings is 1. The predicted octanol–water partition coefficient (Wildman–Crippen LogP) is 1.69. The lowest BCUT2D eigenvalue weighted by molar-refractivity contribution is -0.113. The first kappa shape index (κ1) is 22.6. The van der Waals surface area contributed by atoms with Crippen molar-refractivity contribution in [1.82, 2.24) is 19.8 Å². The maximum Gasteiger partial charge on any atom is 0.323 e. The number of thiazole rings is 1. The second-order valence-corrected chi connectivity index (χ2v) is 9.83. The Morgan fingerprint density at radius 2 is 1.82 bits per heavy atom. The molecule has 1 saturated heterocycles. The molecule has 180 valence electrons. The Morgan fingerprint density at radius 3 is 2.53 bits per heavy atom. The molecule has 0 saturated carbocycles. The molecule has 4 heterocycles. The summed E-state index contributed by atoms with van der Waals surface area (Å²) in [5.74, 6) is -0.133. The Labute approximate surface area is 202 Å². The largest absolute Gasteiger partial charge is 0.323 e. The number of unbranched alkanes of at least 4 members (excludes halogenated alkanes) is 2. The number of nitrogens with one attached hydrogen (secondary N) is 1. The Bertz CT molecular complexity index is 1350. The third kappa shape index (κ3) is 3.11. The number of likely N-dealkylation sites (N-methyl/N-ethyl adjacent to an activating group) is 2. The van der Waals surface area contributed by atoms with E-state index >= 15 is 0 Å². The summed E-state index contributed by atoms with van der Waals surface area (Å²) in [5.41, 5.74) is 5.97. The van der Waals surface area contributed by atoms with Crippen LogP contribution in [0, 0.1) is 6.92 Å². The van der Waals surface area contributed by atoms with E-state index in [1.807, 2.05) is 43.9 Å². The average Bonchev–Trinajstić information content (AvgIpc) is 3.40. The summed E-state index contributed by atoms with van der Waals surface area (Å²) in [6, 6.07) is 5.73. The van der Waals surface area contributed by atoms with Crippen LogP contribution in [0.15, 0.2) is 28.1 Å². The third-order valence-electron chi connectivity index (χ3n) is 6.93. The number of fused-ring (bicyclic) bond motifs is 4. The van der Waals surface area contributed by atoms with E-state index in [1.165, 1.54) is 11.3 Å². The number of aromatic nitrogens is 1. The van der Waals surface area contributed by atoms with Crippen molar-refractivity contribution in [2.45, 2.75) is 59.3 Å². The average molecular weight is 483 g/mol. The molecule has 1 aromatic heterocycles. The fourth-order valence-corrected chi connectivity index (χ4v) is 6.35. The molecule has 1 N–H and O–H groups in total. The van der Waals surface area contributed by atoms with Crippen molar-refractivity contribution in [3.05, 3.63) is 49.0 Å². The number of hydrogen-bond donors (Lipinski definition) is 1. The quantitative estimate of drug-likeness (QED) is 0.635. The zero-order chi connectivity index (χ0) is 24.1. The highest BCUT2D eigenvalue weighted by Crippen LogP contribution is 2.38. The minimum Gasteiger partial charge on any atom is -0.307 e. The Morgan fingerprint density at radius 1 is 1.06 bits per heavy atom. The van der Waals surface area contributed by atoms with E-state index < -0.39 is 12.3 Å². The molecular formula is C24H30N6O3S. The second kappa shape index (κ2) is 8.57. The Kier molecular flexibility index (Phi) is 5.71. The Hall–Kier alpha value is -3.14. The summed E-state index contributed by atoms with van der Waals surface area (Å²) >= 11 is 1.21. The highest BCUT2D eigenvalue weighted by atomic mass is 32.1. The lowest BCUT2D eigenvalue weighted by Crippen LogP contribution is -2.53. The summed E-state index contributed by atoms with van der Waals surface area (Å²) in [6.07, 6.45) is 2.09. The zero-order valence-electron chi connectivity index (χ0n) is 20.0.